The molecule has 0 radical (unpaired) electrons. The van der Waals surface area contributed by atoms with Gasteiger partial charge < -0.3 is 10.3 Å². The van der Waals surface area contributed by atoms with E-state index in [0.717, 1.165) is 31.6 Å². The first-order valence-corrected chi connectivity index (χ1v) is 7.72. The van der Waals surface area contributed by atoms with E-state index in [0.29, 0.717) is 30.4 Å². The molecule has 0 saturated carbocycles. The number of aromatic nitrogens is 2. The topological polar surface area (TPSA) is 68.2 Å². The average Bonchev–Trinajstić information content (AvgIpc) is 3.15. The molecule has 2 aromatic rings. The number of likely N-dealkylation sites (tertiary alicyclic amines) is 1. The second-order valence-corrected chi connectivity index (χ2v) is 6.56. The molecule has 1 saturated heterocycles. The van der Waals surface area contributed by atoms with Crippen molar-refractivity contribution in [2.75, 3.05) is 19.6 Å². The predicted octanol–water partition coefficient (Wildman–Crippen LogP) is 2.93. The summed E-state index contributed by atoms with van der Waals surface area (Å²) in [6, 6.07) is 4.72. The SMILES string of the molecule is CC1(CN)CCN(Cc2nc(-c3ccc(C(F)(F)F)cc3)no2)C1. The largest absolute Gasteiger partial charge is 0.416 e. The minimum atomic E-state index is -4.35. The van der Waals surface area contributed by atoms with Gasteiger partial charge >= 0.3 is 6.18 Å². The number of nitrogens with zero attached hydrogens (tertiary/aromatic N) is 3. The minimum absolute atomic E-state index is 0.107. The quantitative estimate of drug-likeness (QED) is 0.927. The van der Waals surface area contributed by atoms with Crippen LogP contribution in [0.4, 0.5) is 13.2 Å². The third kappa shape index (κ3) is 3.59. The standard InChI is InChI=1S/C16H19F3N4O/c1-15(9-20)6-7-23(10-15)8-13-21-14(22-24-13)11-2-4-12(5-3-11)16(17,18)19/h2-5H,6-10,20H2,1H3. The maximum absolute atomic E-state index is 12.6. The smallest absolute Gasteiger partial charge is 0.338 e. The Morgan fingerprint density at radius 2 is 2.00 bits per heavy atom. The maximum Gasteiger partial charge on any atom is 0.416 e. The Bertz CT molecular complexity index is 698. The lowest BCUT2D eigenvalue weighted by Crippen LogP contribution is -2.31. The molecular weight excluding hydrogens is 321 g/mol. The second kappa shape index (κ2) is 6.18. The van der Waals surface area contributed by atoms with Crippen LogP contribution in [0.15, 0.2) is 28.8 Å². The average molecular weight is 340 g/mol. The van der Waals surface area contributed by atoms with E-state index in [9.17, 15) is 13.2 Å². The van der Waals surface area contributed by atoms with Crippen LogP contribution in [0.5, 0.6) is 0 Å². The molecule has 3 rings (SSSR count). The molecule has 0 aliphatic carbocycles. The van der Waals surface area contributed by atoms with Crippen LogP contribution in [-0.4, -0.2) is 34.7 Å². The molecule has 1 aromatic carbocycles. The Balaban J connectivity index is 1.68. The van der Waals surface area contributed by atoms with Gasteiger partial charge in [0.05, 0.1) is 12.1 Å². The molecule has 24 heavy (non-hydrogen) atoms. The molecule has 2 N–H and O–H groups in total. The Morgan fingerprint density at radius 3 is 2.58 bits per heavy atom. The fourth-order valence-electron chi connectivity index (χ4n) is 2.86. The highest BCUT2D eigenvalue weighted by Crippen LogP contribution is 2.31. The molecule has 0 spiro atoms. The van der Waals surface area contributed by atoms with Crippen LogP contribution in [0.3, 0.4) is 0 Å². The third-order valence-corrected chi connectivity index (χ3v) is 4.43. The van der Waals surface area contributed by atoms with E-state index in [1.807, 2.05) is 0 Å². The molecule has 130 valence electrons. The normalized spacial score (nSPS) is 22.2. The fraction of sp³-hybridized carbons (Fsp3) is 0.500. The summed E-state index contributed by atoms with van der Waals surface area (Å²) >= 11 is 0. The lowest BCUT2D eigenvalue weighted by atomic mass is 9.90. The van der Waals surface area contributed by atoms with Gasteiger partial charge in [-0.2, -0.15) is 18.2 Å². The number of hydrogen-bond donors (Lipinski definition) is 1. The summed E-state index contributed by atoms with van der Waals surface area (Å²) in [6.45, 7) is 5.06. The zero-order valence-electron chi connectivity index (χ0n) is 13.3. The molecule has 0 amide bonds. The number of alkyl halides is 3. The first-order chi connectivity index (χ1) is 11.3. The summed E-state index contributed by atoms with van der Waals surface area (Å²) in [4.78, 5) is 6.47. The molecule has 5 nitrogen and oxygen atoms in total. The highest BCUT2D eigenvalue weighted by atomic mass is 19.4. The van der Waals surface area contributed by atoms with Crippen molar-refractivity contribution in [2.24, 2.45) is 11.1 Å². The number of benzene rings is 1. The predicted molar refractivity (Wildman–Crippen MR) is 81.8 cm³/mol. The zero-order valence-corrected chi connectivity index (χ0v) is 13.3. The lowest BCUT2D eigenvalue weighted by molar-refractivity contribution is -0.137. The van der Waals surface area contributed by atoms with Gasteiger partial charge in [0.1, 0.15) is 0 Å². The van der Waals surface area contributed by atoms with E-state index in [-0.39, 0.29) is 5.41 Å². The third-order valence-electron chi connectivity index (χ3n) is 4.43. The molecule has 1 unspecified atom stereocenters. The van der Waals surface area contributed by atoms with Gasteiger partial charge in [-0.3, -0.25) is 4.90 Å². The lowest BCUT2D eigenvalue weighted by Gasteiger charge is -2.21. The maximum atomic E-state index is 12.6. The van der Waals surface area contributed by atoms with Gasteiger partial charge in [0.15, 0.2) is 0 Å². The van der Waals surface area contributed by atoms with Crippen LogP contribution in [0.2, 0.25) is 0 Å². The summed E-state index contributed by atoms with van der Waals surface area (Å²) in [6.07, 6.45) is -3.34. The first kappa shape index (κ1) is 16.9. The van der Waals surface area contributed by atoms with Gasteiger partial charge in [0.2, 0.25) is 11.7 Å². The molecule has 8 heteroatoms. The van der Waals surface area contributed by atoms with Crippen LogP contribution in [0.25, 0.3) is 11.4 Å². The number of rotatable bonds is 4. The van der Waals surface area contributed by atoms with E-state index in [2.05, 4.69) is 22.0 Å². The van der Waals surface area contributed by atoms with Gasteiger partial charge in [-0.15, -0.1) is 0 Å². The second-order valence-electron chi connectivity index (χ2n) is 6.56. The van der Waals surface area contributed by atoms with Gasteiger partial charge in [0.25, 0.3) is 0 Å². The summed E-state index contributed by atoms with van der Waals surface area (Å²) in [5.74, 6) is 0.741. The van der Waals surface area contributed by atoms with Crippen molar-refractivity contribution >= 4 is 0 Å². The van der Waals surface area contributed by atoms with Crippen LogP contribution in [-0.2, 0) is 12.7 Å². The monoisotopic (exact) mass is 340 g/mol. The molecular formula is C16H19F3N4O. The highest BCUT2D eigenvalue weighted by Gasteiger charge is 2.33. The van der Waals surface area contributed by atoms with E-state index in [4.69, 9.17) is 10.3 Å². The number of nitrogens with two attached hydrogens (primary N) is 1. The van der Waals surface area contributed by atoms with Crippen LogP contribution in [0.1, 0.15) is 24.8 Å². The Kier molecular flexibility index (Phi) is 4.35. The van der Waals surface area contributed by atoms with Gasteiger partial charge in [0, 0.05) is 12.1 Å². The van der Waals surface area contributed by atoms with Crippen molar-refractivity contribution in [3.63, 3.8) is 0 Å². The summed E-state index contributed by atoms with van der Waals surface area (Å²) in [5.41, 5.74) is 5.69. The van der Waals surface area contributed by atoms with Crippen molar-refractivity contribution in [3.05, 3.63) is 35.7 Å². The van der Waals surface area contributed by atoms with Crippen molar-refractivity contribution in [1.29, 1.82) is 0 Å². The summed E-state index contributed by atoms with van der Waals surface area (Å²) in [7, 11) is 0. The number of hydrogen-bond acceptors (Lipinski definition) is 5. The van der Waals surface area contributed by atoms with Crippen LogP contribution >= 0.6 is 0 Å². The minimum Gasteiger partial charge on any atom is -0.338 e. The van der Waals surface area contributed by atoms with E-state index >= 15 is 0 Å². The van der Waals surface area contributed by atoms with Gasteiger partial charge in [-0.05, 0) is 37.1 Å². The fourth-order valence-corrected chi connectivity index (χ4v) is 2.86. The number of halogens is 3. The molecule has 0 bridgehead atoms. The summed E-state index contributed by atoms with van der Waals surface area (Å²) < 4.78 is 43.0. The Morgan fingerprint density at radius 1 is 1.29 bits per heavy atom. The van der Waals surface area contributed by atoms with E-state index < -0.39 is 11.7 Å². The first-order valence-electron chi connectivity index (χ1n) is 7.72. The van der Waals surface area contributed by atoms with Crippen molar-refractivity contribution < 1.29 is 17.7 Å². The molecule has 1 aliphatic rings. The van der Waals surface area contributed by atoms with Crippen molar-refractivity contribution in [2.45, 2.75) is 26.1 Å². The van der Waals surface area contributed by atoms with E-state index in [1.54, 1.807) is 0 Å². The summed E-state index contributed by atoms with van der Waals surface area (Å²) in [5, 5.41) is 3.86. The van der Waals surface area contributed by atoms with Gasteiger partial charge in [-0.25, -0.2) is 0 Å². The molecule has 2 heterocycles. The molecule has 1 aromatic heterocycles. The van der Waals surface area contributed by atoms with Crippen LogP contribution < -0.4 is 5.73 Å². The van der Waals surface area contributed by atoms with Crippen molar-refractivity contribution in [1.82, 2.24) is 15.0 Å². The highest BCUT2D eigenvalue weighted by molar-refractivity contribution is 5.54. The van der Waals surface area contributed by atoms with Gasteiger partial charge in [-0.1, -0.05) is 24.2 Å². The van der Waals surface area contributed by atoms with Crippen molar-refractivity contribution in [3.8, 4) is 11.4 Å². The molecule has 1 atom stereocenters. The molecule has 1 aliphatic heterocycles. The Hall–Kier alpha value is -1.93. The van der Waals surface area contributed by atoms with Crippen LogP contribution in [0, 0.1) is 5.41 Å². The Labute approximate surface area is 137 Å². The van der Waals surface area contributed by atoms with E-state index in [1.165, 1.54) is 12.1 Å². The zero-order chi connectivity index (χ0) is 17.4. The molecule has 1 fully saturated rings.